The molecule has 2 fully saturated rings. The van der Waals surface area contributed by atoms with Crippen LogP contribution in [-0.2, 0) is 0 Å². The first-order valence-electron chi connectivity index (χ1n) is 8.42. The maximum absolute atomic E-state index is 12.8. The molecule has 0 spiro atoms. The molecule has 2 aromatic rings. The van der Waals surface area contributed by atoms with Gasteiger partial charge in [-0.1, -0.05) is 0 Å². The smallest absolute Gasteiger partial charge is 0.225 e. The first-order chi connectivity index (χ1) is 11.5. The fraction of sp³-hybridized carbons (Fsp3) is 0.500. The summed E-state index contributed by atoms with van der Waals surface area (Å²) in [6.45, 7) is 8.43. The highest BCUT2D eigenvalue weighted by Crippen LogP contribution is 2.34. The van der Waals surface area contributed by atoms with Crippen LogP contribution < -0.4 is 10.2 Å². The third-order valence-electron chi connectivity index (χ3n) is 5.14. The van der Waals surface area contributed by atoms with Crippen molar-refractivity contribution in [1.29, 1.82) is 0 Å². The molecule has 6 heteroatoms. The Hall–Kier alpha value is -2.21. The highest BCUT2D eigenvalue weighted by atomic mass is 16.3. The third-order valence-corrected chi connectivity index (χ3v) is 5.14. The predicted octanol–water partition coefficient (Wildman–Crippen LogP) is 1.90. The van der Waals surface area contributed by atoms with Crippen molar-refractivity contribution in [2.24, 2.45) is 11.8 Å². The van der Waals surface area contributed by atoms with Crippen LogP contribution in [0.5, 0.6) is 0 Å². The van der Waals surface area contributed by atoms with Crippen molar-refractivity contribution in [2.45, 2.75) is 26.8 Å². The summed E-state index contributed by atoms with van der Waals surface area (Å²) in [6.07, 6.45) is 1.58. The van der Waals surface area contributed by atoms with Crippen molar-refractivity contribution in [3.8, 4) is 0 Å². The van der Waals surface area contributed by atoms with Crippen molar-refractivity contribution >= 4 is 11.7 Å². The second-order valence-corrected chi connectivity index (χ2v) is 6.96. The van der Waals surface area contributed by atoms with E-state index in [4.69, 9.17) is 4.42 Å². The number of anilines is 1. The molecule has 4 rings (SSSR count). The molecule has 126 valence electrons. The minimum Gasteiger partial charge on any atom is -0.461 e. The van der Waals surface area contributed by atoms with Crippen molar-refractivity contribution in [1.82, 2.24) is 15.3 Å². The van der Waals surface area contributed by atoms with E-state index in [2.05, 4.69) is 20.2 Å². The van der Waals surface area contributed by atoms with Gasteiger partial charge in [-0.2, -0.15) is 0 Å². The number of ketones is 1. The van der Waals surface area contributed by atoms with Crippen molar-refractivity contribution in [3.05, 3.63) is 41.1 Å². The van der Waals surface area contributed by atoms with E-state index >= 15 is 0 Å². The Balaban J connectivity index is 1.55. The summed E-state index contributed by atoms with van der Waals surface area (Å²) in [4.78, 5) is 24.2. The molecule has 0 amide bonds. The zero-order chi connectivity index (χ0) is 16.8. The van der Waals surface area contributed by atoms with Gasteiger partial charge in [-0.05, 0) is 44.4 Å². The maximum Gasteiger partial charge on any atom is 0.225 e. The first-order valence-corrected chi connectivity index (χ1v) is 8.42. The van der Waals surface area contributed by atoms with E-state index in [0.29, 0.717) is 11.7 Å². The molecule has 0 aromatic carbocycles. The monoisotopic (exact) mass is 326 g/mol. The van der Waals surface area contributed by atoms with Gasteiger partial charge in [0.1, 0.15) is 0 Å². The molecule has 2 saturated heterocycles. The number of carbonyl (C=O) groups is 1. The molecule has 3 unspecified atom stereocenters. The van der Waals surface area contributed by atoms with Crippen molar-refractivity contribution in [2.75, 3.05) is 24.5 Å². The SMILES string of the molecule is Cc1cc(C)nc(N2CC3CNC(C(=O)c4occc4C)C3C2)n1. The van der Waals surface area contributed by atoms with Gasteiger partial charge in [0, 0.05) is 36.9 Å². The number of nitrogens with one attached hydrogen (secondary N) is 1. The predicted molar refractivity (Wildman–Crippen MR) is 90.3 cm³/mol. The van der Waals surface area contributed by atoms with Gasteiger partial charge in [0.05, 0.1) is 12.3 Å². The Morgan fingerprint density at radius 2 is 2.00 bits per heavy atom. The second kappa shape index (κ2) is 5.70. The van der Waals surface area contributed by atoms with Gasteiger partial charge in [0.2, 0.25) is 11.7 Å². The van der Waals surface area contributed by atoms with E-state index in [1.807, 2.05) is 32.9 Å². The molecular weight excluding hydrogens is 304 g/mol. The molecule has 3 atom stereocenters. The summed E-state index contributed by atoms with van der Waals surface area (Å²) in [6, 6.07) is 3.63. The number of furan rings is 1. The molecule has 0 aliphatic carbocycles. The molecular formula is C18H22N4O2. The molecule has 2 aliphatic rings. The maximum atomic E-state index is 12.8. The van der Waals surface area contributed by atoms with Gasteiger partial charge < -0.3 is 14.6 Å². The van der Waals surface area contributed by atoms with Gasteiger partial charge in [0.25, 0.3) is 0 Å². The van der Waals surface area contributed by atoms with Crippen LogP contribution in [0.1, 0.15) is 27.5 Å². The van der Waals surface area contributed by atoms with Gasteiger partial charge in [-0.15, -0.1) is 0 Å². The van der Waals surface area contributed by atoms with E-state index in [1.165, 1.54) is 0 Å². The van der Waals surface area contributed by atoms with Crippen LogP contribution in [-0.4, -0.2) is 41.4 Å². The zero-order valence-corrected chi connectivity index (χ0v) is 14.2. The number of aromatic nitrogens is 2. The zero-order valence-electron chi connectivity index (χ0n) is 14.2. The number of hydrogen-bond acceptors (Lipinski definition) is 6. The topological polar surface area (TPSA) is 71.3 Å². The average Bonchev–Trinajstić information content (AvgIpc) is 3.20. The summed E-state index contributed by atoms with van der Waals surface area (Å²) in [5.74, 6) is 2.04. The lowest BCUT2D eigenvalue weighted by molar-refractivity contribution is 0.0902. The minimum absolute atomic E-state index is 0.0631. The van der Waals surface area contributed by atoms with Crippen LogP contribution in [0.3, 0.4) is 0 Å². The number of fused-ring (bicyclic) bond motifs is 1. The number of carbonyl (C=O) groups excluding carboxylic acids is 1. The van der Waals surface area contributed by atoms with Crippen molar-refractivity contribution in [3.63, 3.8) is 0 Å². The number of hydrogen-bond donors (Lipinski definition) is 1. The average molecular weight is 326 g/mol. The first kappa shape index (κ1) is 15.3. The Morgan fingerprint density at radius 3 is 2.67 bits per heavy atom. The molecule has 4 heterocycles. The van der Waals surface area contributed by atoms with Crippen LogP contribution in [0.15, 0.2) is 22.8 Å². The lowest BCUT2D eigenvalue weighted by Crippen LogP contribution is -2.39. The van der Waals surface area contributed by atoms with E-state index < -0.39 is 0 Å². The van der Waals surface area contributed by atoms with Crippen LogP contribution in [0.2, 0.25) is 0 Å². The standard InChI is InChI=1S/C18H22N4O2/c1-10-4-5-24-17(10)16(23)15-14-9-22(8-13(14)7-19-15)18-20-11(2)6-12(3)21-18/h4-6,13-15,19H,7-9H2,1-3H3. The molecule has 0 saturated carbocycles. The summed E-state index contributed by atoms with van der Waals surface area (Å²) >= 11 is 0. The summed E-state index contributed by atoms with van der Waals surface area (Å²) in [5.41, 5.74) is 2.86. The fourth-order valence-electron chi connectivity index (χ4n) is 3.99. The van der Waals surface area contributed by atoms with E-state index in [1.54, 1.807) is 6.26 Å². The molecule has 2 aromatic heterocycles. The van der Waals surface area contributed by atoms with Gasteiger partial charge in [0.15, 0.2) is 5.76 Å². The van der Waals surface area contributed by atoms with Crippen LogP contribution in [0.25, 0.3) is 0 Å². The number of nitrogens with zero attached hydrogens (tertiary/aromatic N) is 3. The third kappa shape index (κ3) is 2.51. The highest BCUT2D eigenvalue weighted by molar-refractivity contribution is 5.99. The molecule has 0 bridgehead atoms. The lowest BCUT2D eigenvalue weighted by Gasteiger charge is -2.20. The van der Waals surface area contributed by atoms with Crippen molar-refractivity contribution < 1.29 is 9.21 Å². The minimum atomic E-state index is -0.184. The molecule has 24 heavy (non-hydrogen) atoms. The normalized spacial score (nSPS) is 26.0. The van der Waals surface area contributed by atoms with E-state index in [9.17, 15) is 4.79 Å². The highest BCUT2D eigenvalue weighted by Gasteiger charge is 2.47. The summed E-state index contributed by atoms with van der Waals surface area (Å²) in [7, 11) is 0. The van der Waals surface area contributed by atoms with Gasteiger partial charge in [-0.3, -0.25) is 4.79 Å². The Labute approximate surface area is 141 Å². The number of rotatable bonds is 3. The Morgan fingerprint density at radius 1 is 1.25 bits per heavy atom. The lowest BCUT2D eigenvalue weighted by atomic mass is 9.90. The largest absolute Gasteiger partial charge is 0.461 e. The van der Waals surface area contributed by atoms with Crippen LogP contribution in [0, 0.1) is 32.6 Å². The molecule has 2 aliphatic heterocycles. The number of aryl methyl sites for hydroxylation is 3. The Kier molecular flexibility index (Phi) is 3.64. The van der Waals surface area contributed by atoms with Gasteiger partial charge in [-0.25, -0.2) is 9.97 Å². The van der Waals surface area contributed by atoms with E-state index in [-0.39, 0.29) is 17.7 Å². The Bertz CT molecular complexity index is 765. The van der Waals surface area contributed by atoms with Crippen LogP contribution >= 0.6 is 0 Å². The quantitative estimate of drug-likeness (QED) is 0.869. The molecule has 1 N–H and O–H groups in total. The molecule has 6 nitrogen and oxygen atoms in total. The number of Topliss-reactive ketones (excluding diaryl/α,β-unsaturated/α-hetero) is 1. The summed E-state index contributed by atoms with van der Waals surface area (Å²) < 4.78 is 5.40. The second-order valence-electron chi connectivity index (χ2n) is 6.96. The van der Waals surface area contributed by atoms with E-state index in [0.717, 1.165) is 42.5 Å². The summed E-state index contributed by atoms with van der Waals surface area (Å²) in [5, 5.41) is 3.39. The fourth-order valence-corrected chi connectivity index (χ4v) is 3.99. The van der Waals surface area contributed by atoms with Crippen LogP contribution in [0.4, 0.5) is 5.95 Å². The molecule has 0 radical (unpaired) electrons. The van der Waals surface area contributed by atoms with Gasteiger partial charge >= 0.3 is 0 Å².